The molecule has 7 heteroatoms. The minimum absolute atomic E-state index is 0.0320. The monoisotopic (exact) mass is 328 g/mol. The molecule has 126 valence electrons. The van der Waals surface area contributed by atoms with Gasteiger partial charge < -0.3 is 14.2 Å². The molecule has 0 aromatic carbocycles. The number of aryl methyl sites for hydroxylation is 2. The first-order chi connectivity index (χ1) is 11.6. The van der Waals surface area contributed by atoms with Crippen molar-refractivity contribution in [1.82, 2.24) is 20.0 Å². The molecule has 0 aliphatic carbocycles. The maximum atomic E-state index is 12.6. The van der Waals surface area contributed by atoms with Crippen LogP contribution >= 0.6 is 0 Å². The molecule has 0 saturated carbocycles. The lowest BCUT2D eigenvalue weighted by Gasteiger charge is -2.19. The van der Waals surface area contributed by atoms with Crippen molar-refractivity contribution in [3.8, 4) is 0 Å². The lowest BCUT2D eigenvalue weighted by molar-refractivity contribution is 0.0330. The lowest BCUT2D eigenvalue weighted by Crippen LogP contribution is -2.31. The molecule has 0 spiro atoms. The Kier molecular flexibility index (Phi) is 3.80. The average molecular weight is 328 g/mol. The van der Waals surface area contributed by atoms with Crippen LogP contribution in [0.15, 0.2) is 22.9 Å². The molecule has 1 amide bonds. The first-order valence-corrected chi connectivity index (χ1v) is 8.25. The van der Waals surface area contributed by atoms with Gasteiger partial charge in [-0.25, -0.2) is 0 Å². The smallest absolute Gasteiger partial charge is 0.255 e. The highest BCUT2D eigenvalue weighted by atomic mass is 16.5. The van der Waals surface area contributed by atoms with Crippen LogP contribution in [0.25, 0.3) is 0 Å². The Labute approximate surface area is 140 Å². The molecule has 4 heterocycles. The number of likely N-dealkylation sites (tertiary alicyclic amines) is 1. The quantitative estimate of drug-likeness (QED) is 0.850. The Balaban J connectivity index is 1.35. The molecule has 3 atom stereocenters. The standard InChI is InChI=1S/C17H20N4O3/c1-10-3-4-12(7-18-10)17(22)21-8-13-5-14(23-15(13)9-21)6-16-19-11(2)20-24-16/h3-4,7,13-15H,5-6,8-9H2,1-2H3/t13-,14+,15+/m0/s1. The van der Waals surface area contributed by atoms with Gasteiger partial charge in [-0.1, -0.05) is 5.16 Å². The van der Waals surface area contributed by atoms with Crippen LogP contribution in [-0.4, -0.2) is 51.2 Å². The summed E-state index contributed by atoms with van der Waals surface area (Å²) in [5.74, 6) is 1.67. The second-order valence-corrected chi connectivity index (χ2v) is 6.63. The van der Waals surface area contributed by atoms with Crippen molar-refractivity contribution in [2.45, 2.75) is 38.9 Å². The summed E-state index contributed by atoms with van der Waals surface area (Å²) < 4.78 is 11.3. The molecule has 2 aliphatic rings. The molecular weight excluding hydrogens is 308 g/mol. The van der Waals surface area contributed by atoms with Crippen molar-refractivity contribution in [3.05, 3.63) is 41.3 Å². The van der Waals surface area contributed by atoms with Crippen LogP contribution < -0.4 is 0 Å². The largest absolute Gasteiger partial charge is 0.372 e. The second-order valence-electron chi connectivity index (χ2n) is 6.63. The van der Waals surface area contributed by atoms with E-state index in [-0.39, 0.29) is 18.1 Å². The van der Waals surface area contributed by atoms with E-state index in [1.54, 1.807) is 13.1 Å². The third-order valence-corrected chi connectivity index (χ3v) is 4.73. The predicted molar refractivity (Wildman–Crippen MR) is 84.4 cm³/mol. The van der Waals surface area contributed by atoms with Gasteiger partial charge in [-0.2, -0.15) is 4.98 Å². The number of fused-ring (bicyclic) bond motifs is 1. The molecule has 2 aliphatic heterocycles. The van der Waals surface area contributed by atoms with Gasteiger partial charge in [-0.3, -0.25) is 9.78 Å². The molecule has 0 N–H and O–H groups in total. The Morgan fingerprint density at radius 3 is 2.88 bits per heavy atom. The summed E-state index contributed by atoms with van der Waals surface area (Å²) in [6.45, 7) is 5.08. The van der Waals surface area contributed by atoms with E-state index >= 15 is 0 Å². The van der Waals surface area contributed by atoms with E-state index in [2.05, 4.69) is 15.1 Å². The molecule has 4 rings (SSSR count). The Bertz CT molecular complexity index is 729. The van der Waals surface area contributed by atoms with Gasteiger partial charge in [0.25, 0.3) is 5.91 Å². The van der Waals surface area contributed by atoms with Gasteiger partial charge in [0.2, 0.25) is 5.89 Å². The van der Waals surface area contributed by atoms with E-state index < -0.39 is 0 Å². The highest BCUT2D eigenvalue weighted by Crippen LogP contribution is 2.34. The highest BCUT2D eigenvalue weighted by Gasteiger charge is 2.43. The molecular formula is C17H20N4O3. The predicted octanol–water partition coefficient (Wildman–Crippen LogP) is 1.55. The van der Waals surface area contributed by atoms with Crippen molar-refractivity contribution < 1.29 is 14.1 Å². The normalized spacial score (nSPS) is 25.9. The van der Waals surface area contributed by atoms with Crippen LogP contribution in [0.5, 0.6) is 0 Å². The lowest BCUT2D eigenvalue weighted by atomic mass is 10.0. The van der Waals surface area contributed by atoms with Crippen LogP contribution in [0.2, 0.25) is 0 Å². The number of aromatic nitrogens is 3. The van der Waals surface area contributed by atoms with Crippen LogP contribution in [-0.2, 0) is 11.2 Å². The number of pyridine rings is 1. The number of rotatable bonds is 3. The molecule has 0 bridgehead atoms. The number of hydrogen-bond acceptors (Lipinski definition) is 6. The molecule has 24 heavy (non-hydrogen) atoms. The van der Waals surface area contributed by atoms with Gasteiger partial charge in [-0.05, 0) is 32.4 Å². The Morgan fingerprint density at radius 1 is 1.33 bits per heavy atom. The van der Waals surface area contributed by atoms with Gasteiger partial charge >= 0.3 is 0 Å². The van der Waals surface area contributed by atoms with E-state index in [1.807, 2.05) is 24.0 Å². The molecule has 2 fully saturated rings. The van der Waals surface area contributed by atoms with Crippen LogP contribution in [0.3, 0.4) is 0 Å². The zero-order chi connectivity index (χ0) is 16.7. The summed E-state index contributed by atoms with van der Waals surface area (Å²) >= 11 is 0. The maximum absolute atomic E-state index is 12.6. The summed E-state index contributed by atoms with van der Waals surface area (Å²) in [6.07, 6.45) is 3.40. The van der Waals surface area contributed by atoms with E-state index in [9.17, 15) is 4.79 Å². The summed E-state index contributed by atoms with van der Waals surface area (Å²) in [5, 5.41) is 3.81. The van der Waals surface area contributed by atoms with Gasteiger partial charge in [-0.15, -0.1) is 0 Å². The number of amides is 1. The van der Waals surface area contributed by atoms with Gasteiger partial charge in [0, 0.05) is 30.9 Å². The number of hydrogen-bond donors (Lipinski definition) is 0. The van der Waals surface area contributed by atoms with E-state index in [4.69, 9.17) is 9.26 Å². The number of carbonyl (C=O) groups is 1. The van der Waals surface area contributed by atoms with Crippen molar-refractivity contribution in [1.29, 1.82) is 0 Å². The summed E-state index contributed by atoms with van der Waals surface area (Å²) in [4.78, 5) is 22.9. The zero-order valence-electron chi connectivity index (χ0n) is 13.8. The molecule has 2 aromatic heterocycles. The fraction of sp³-hybridized carbons (Fsp3) is 0.529. The third kappa shape index (κ3) is 2.91. The van der Waals surface area contributed by atoms with Crippen molar-refractivity contribution >= 4 is 5.91 Å². The van der Waals surface area contributed by atoms with Crippen molar-refractivity contribution in [3.63, 3.8) is 0 Å². The molecule has 2 saturated heterocycles. The first kappa shape index (κ1) is 15.3. The molecule has 2 aromatic rings. The van der Waals surface area contributed by atoms with Gasteiger partial charge in [0.05, 0.1) is 24.2 Å². The second kappa shape index (κ2) is 5.98. The summed E-state index contributed by atoms with van der Waals surface area (Å²) in [5.41, 5.74) is 1.55. The van der Waals surface area contributed by atoms with Crippen molar-refractivity contribution in [2.75, 3.05) is 13.1 Å². The summed E-state index contributed by atoms with van der Waals surface area (Å²) in [7, 11) is 0. The van der Waals surface area contributed by atoms with E-state index in [0.29, 0.717) is 36.2 Å². The van der Waals surface area contributed by atoms with E-state index in [1.165, 1.54) is 0 Å². The van der Waals surface area contributed by atoms with Crippen molar-refractivity contribution in [2.24, 2.45) is 5.92 Å². The maximum Gasteiger partial charge on any atom is 0.255 e. The molecule has 0 radical (unpaired) electrons. The minimum atomic E-state index is 0.0320. The Hall–Kier alpha value is -2.28. The first-order valence-electron chi connectivity index (χ1n) is 8.25. The fourth-order valence-electron chi connectivity index (χ4n) is 3.55. The highest BCUT2D eigenvalue weighted by molar-refractivity contribution is 5.94. The molecule has 7 nitrogen and oxygen atoms in total. The number of nitrogens with zero attached hydrogens (tertiary/aromatic N) is 4. The average Bonchev–Trinajstić information content (AvgIpc) is 3.22. The fourth-order valence-corrected chi connectivity index (χ4v) is 3.55. The van der Waals surface area contributed by atoms with Crippen LogP contribution in [0, 0.1) is 19.8 Å². The Morgan fingerprint density at radius 2 is 2.21 bits per heavy atom. The number of carbonyl (C=O) groups excluding carboxylic acids is 1. The van der Waals surface area contributed by atoms with E-state index in [0.717, 1.165) is 18.7 Å². The van der Waals surface area contributed by atoms with Gasteiger partial charge in [0.1, 0.15) is 0 Å². The van der Waals surface area contributed by atoms with Gasteiger partial charge in [0.15, 0.2) is 5.82 Å². The molecule has 0 unspecified atom stereocenters. The minimum Gasteiger partial charge on any atom is -0.372 e. The van der Waals surface area contributed by atoms with Crippen LogP contribution in [0.4, 0.5) is 0 Å². The third-order valence-electron chi connectivity index (χ3n) is 4.73. The summed E-state index contributed by atoms with van der Waals surface area (Å²) in [6, 6.07) is 3.70. The topological polar surface area (TPSA) is 81.4 Å². The number of ether oxygens (including phenoxy) is 1. The zero-order valence-corrected chi connectivity index (χ0v) is 13.8. The van der Waals surface area contributed by atoms with Crippen LogP contribution in [0.1, 0.15) is 34.2 Å². The SMILES string of the molecule is Cc1ccc(C(=O)N2C[C@@H]3C[C@H](Cc4nc(C)no4)O[C@@H]3C2)cn1.